The van der Waals surface area contributed by atoms with E-state index < -0.39 is 11.6 Å². The molecule has 3 aliphatic heterocycles. The fourth-order valence-electron chi connectivity index (χ4n) is 4.93. The molecule has 0 aliphatic carbocycles. The van der Waals surface area contributed by atoms with Gasteiger partial charge in [-0.05, 0) is 50.9 Å². The predicted octanol–water partition coefficient (Wildman–Crippen LogP) is 2.42. The van der Waals surface area contributed by atoms with Crippen LogP contribution in [0.2, 0.25) is 0 Å². The Hall–Kier alpha value is -1.73. The summed E-state index contributed by atoms with van der Waals surface area (Å²) in [5, 5.41) is 2.72. The third-order valence-corrected chi connectivity index (χ3v) is 6.63. The molecule has 4 rings (SSSR count). The number of hydrogen-bond donors (Lipinski definition) is 1. The Labute approximate surface area is 159 Å². The molecule has 3 fully saturated rings. The molecule has 1 N–H and O–H groups in total. The van der Waals surface area contributed by atoms with Crippen LogP contribution in [0, 0.1) is 11.6 Å². The average Bonchev–Trinajstić information content (AvgIpc) is 2.89. The van der Waals surface area contributed by atoms with Crippen molar-refractivity contribution in [2.45, 2.75) is 50.4 Å². The lowest BCUT2D eigenvalue weighted by Crippen LogP contribution is -2.57. The van der Waals surface area contributed by atoms with Crippen molar-refractivity contribution in [3.05, 3.63) is 35.4 Å². The van der Waals surface area contributed by atoms with Crippen LogP contribution in [0.5, 0.6) is 0 Å². The van der Waals surface area contributed by atoms with Crippen molar-refractivity contribution in [2.75, 3.05) is 33.2 Å². The molecule has 0 saturated carbocycles. The number of nitrogens with one attached hydrogen (secondary N) is 1. The Kier molecular flexibility index (Phi) is 5.32. The van der Waals surface area contributed by atoms with Crippen LogP contribution in [0.1, 0.15) is 31.2 Å². The molecule has 0 aromatic heterocycles. The van der Waals surface area contributed by atoms with Gasteiger partial charge in [0.1, 0.15) is 11.6 Å². The molecule has 1 aromatic rings. The van der Waals surface area contributed by atoms with E-state index in [2.05, 4.69) is 22.2 Å². The van der Waals surface area contributed by atoms with Gasteiger partial charge in [-0.15, -0.1) is 0 Å². The normalized spacial score (nSPS) is 29.1. The van der Waals surface area contributed by atoms with Crippen LogP contribution in [-0.2, 0) is 6.54 Å². The molecule has 7 heteroatoms. The zero-order chi connectivity index (χ0) is 19.0. The predicted molar refractivity (Wildman–Crippen MR) is 99.3 cm³/mol. The molecule has 2 atom stereocenters. The SMILES string of the molecule is CN1C2CCC1CC(N1CCN(C(=O)NCc3cc(F)ccc3F)CC1)C2. The van der Waals surface area contributed by atoms with Gasteiger partial charge in [-0.2, -0.15) is 0 Å². The number of fused-ring (bicyclic) bond motifs is 2. The molecule has 0 radical (unpaired) electrons. The van der Waals surface area contributed by atoms with Crippen molar-refractivity contribution >= 4 is 6.03 Å². The van der Waals surface area contributed by atoms with Crippen molar-refractivity contribution in [3.8, 4) is 0 Å². The second-order valence-corrected chi connectivity index (χ2v) is 8.09. The minimum Gasteiger partial charge on any atom is -0.334 e. The van der Waals surface area contributed by atoms with E-state index >= 15 is 0 Å². The number of rotatable bonds is 3. The lowest BCUT2D eigenvalue weighted by atomic mass is 9.96. The first-order valence-electron chi connectivity index (χ1n) is 9.94. The smallest absolute Gasteiger partial charge is 0.317 e. The summed E-state index contributed by atoms with van der Waals surface area (Å²) in [6, 6.07) is 5.15. The van der Waals surface area contributed by atoms with E-state index in [0.717, 1.165) is 43.4 Å². The molecule has 27 heavy (non-hydrogen) atoms. The maximum Gasteiger partial charge on any atom is 0.317 e. The number of piperidine rings is 1. The minimum atomic E-state index is -0.501. The lowest BCUT2D eigenvalue weighted by Gasteiger charge is -2.44. The molecule has 3 heterocycles. The molecule has 3 aliphatic rings. The maximum atomic E-state index is 13.7. The third-order valence-electron chi connectivity index (χ3n) is 6.63. The summed E-state index contributed by atoms with van der Waals surface area (Å²) in [5.41, 5.74) is 0.170. The van der Waals surface area contributed by atoms with E-state index in [9.17, 15) is 13.6 Å². The second kappa shape index (κ2) is 7.72. The van der Waals surface area contributed by atoms with Crippen LogP contribution in [0.3, 0.4) is 0 Å². The summed E-state index contributed by atoms with van der Waals surface area (Å²) in [5.74, 6) is -1.00. The highest BCUT2D eigenvalue weighted by Crippen LogP contribution is 2.36. The first-order chi connectivity index (χ1) is 13.0. The van der Waals surface area contributed by atoms with Crippen LogP contribution in [-0.4, -0.2) is 72.1 Å². The van der Waals surface area contributed by atoms with Gasteiger partial charge in [-0.1, -0.05) is 0 Å². The van der Waals surface area contributed by atoms with Crippen molar-refractivity contribution in [2.24, 2.45) is 0 Å². The summed E-state index contributed by atoms with van der Waals surface area (Å²) < 4.78 is 26.9. The van der Waals surface area contributed by atoms with E-state index in [1.54, 1.807) is 4.90 Å². The molecular weight excluding hydrogens is 350 g/mol. The standard InChI is InChI=1S/C20H28F2N4O/c1-24-16-3-4-17(24)12-18(11-16)25-6-8-26(9-7-25)20(27)23-13-14-10-15(21)2-5-19(14)22/h2,5,10,16-18H,3-4,6-9,11-13H2,1H3,(H,23,27). The molecule has 0 spiro atoms. The summed E-state index contributed by atoms with van der Waals surface area (Å²) in [4.78, 5) is 19.2. The van der Waals surface area contributed by atoms with E-state index in [4.69, 9.17) is 0 Å². The summed E-state index contributed by atoms with van der Waals surface area (Å²) in [7, 11) is 2.25. The van der Waals surface area contributed by atoms with Gasteiger partial charge in [0.25, 0.3) is 0 Å². The van der Waals surface area contributed by atoms with Crippen molar-refractivity contribution in [1.82, 2.24) is 20.0 Å². The van der Waals surface area contributed by atoms with Crippen LogP contribution < -0.4 is 5.32 Å². The van der Waals surface area contributed by atoms with Crippen molar-refractivity contribution in [1.29, 1.82) is 0 Å². The highest BCUT2D eigenvalue weighted by molar-refractivity contribution is 5.74. The second-order valence-electron chi connectivity index (χ2n) is 8.09. The van der Waals surface area contributed by atoms with E-state index in [0.29, 0.717) is 19.1 Å². The fraction of sp³-hybridized carbons (Fsp3) is 0.650. The average molecular weight is 378 g/mol. The number of piperazine rings is 1. The Morgan fingerprint density at radius 2 is 1.74 bits per heavy atom. The van der Waals surface area contributed by atoms with Crippen molar-refractivity contribution in [3.63, 3.8) is 0 Å². The van der Waals surface area contributed by atoms with E-state index in [-0.39, 0.29) is 18.1 Å². The minimum absolute atomic E-state index is 0.000953. The number of benzene rings is 1. The van der Waals surface area contributed by atoms with Gasteiger partial charge in [0.15, 0.2) is 0 Å². The topological polar surface area (TPSA) is 38.8 Å². The number of amides is 2. The number of nitrogens with zero attached hydrogens (tertiary/aromatic N) is 3. The maximum absolute atomic E-state index is 13.7. The Morgan fingerprint density at radius 1 is 1.07 bits per heavy atom. The summed E-state index contributed by atoms with van der Waals surface area (Å²) in [6.45, 7) is 3.13. The first kappa shape index (κ1) is 18.6. The Bertz CT molecular complexity index is 679. The lowest BCUT2D eigenvalue weighted by molar-refractivity contribution is 0.0476. The number of halogens is 2. The highest BCUT2D eigenvalue weighted by Gasteiger charge is 2.40. The molecule has 1 aromatic carbocycles. The third kappa shape index (κ3) is 3.94. The fourth-order valence-corrected chi connectivity index (χ4v) is 4.93. The van der Waals surface area contributed by atoms with Gasteiger partial charge in [-0.25, -0.2) is 13.6 Å². The van der Waals surface area contributed by atoms with Gasteiger partial charge in [0.2, 0.25) is 0 Å². The Morgan fingerprint density at radius 3 is 2.41 bits per heavy atom. The first-order valence-corrected chi connectivity index (χ1v) is 9.94. The number of hydrogen-bond acceptors (Lipinski definition) is 3. The van der Waals surface area contributed by atoms with Gasteiger partial charge >= 0.3 is 6.03 Å². The monoisotopic (exact) mass is 378 g/mol. The molecule has 3 saturated heterocycles. The molecule has 2 unspecified atom stereocenters. The molecule has 2 amide bonds. The number of carbonyl (C=O) groups is 1. The van der Waals surface area contributed by atoms with E-state index in [1.807, 2.05) is 0 Å². The molecule has 148 valence electrons. The Balaban J connectivity index is 1.25. The van der Waals surface area contributed by atoms with Gasteiger partial charge < -0.3 is 15.1 Å². The molecule has 2 bridgehead atoms. The highest BCUT2D eigenvalue weighted by atomic mass is 19.1. The summed E-state index contributed by atoms with van der Waals surface area (Å²) in [6.07, 6.45) is 5.10. The van der Waals surface area contributed by atoms with Gasteiger partial charge in [-0.3, -0.25) is 4.90 Å². The van der Waals surface area contributed by atoms with Crippen LogP contribution in [0.15, 0.2) is 18.2 Å². The zero-order valence-corrected chi connectivity index (χ0v) is 15.8. The largest absolute Gasteiger partial charge is 0.334 e. The molecule has 5 nitrogen and oxygen atoms in total. The van der Waals surface area contributed by atoms with Crippen LogP contribution in [0.4, 0.5) is 13.6 Å². The zero-order valence-electron chi connectivity index (χ0n) is 15.8. The van der Waals surface area contributed by atoms with Gasteiger partial charge in [0.05, 0.1) is 0 Å². The van der Waals surface area contributed by atoms with Gasteiger partial charge in [0, 0.05) is 56.4 Å². The quantitative estimate of drug-likeness (QED) is 0.878. The number of urea groups is 1. The number of carbonyl (C=O) groups excluding carboxylic acids is 1. The van der Waals surface area contributed by atoms with Crippen LogP contribution in [0.25, 0.3) is 0 Å². The van der Waals surface area contributed by atoms with Crippen molar-refractivity contribution < 1.29 is 13.6 Å². The molecular formula is C20H28F2N4O. The van der Waals surface area contributed by atoms with E-state index in [1.165, 1.54) is 25.7 Å². The summed E-state index contributed by atoms with van der Waals surface area (Å²) >= 11 is 0. The van der Waals surface area contributed by atoms with Crippen LogP contribution >= 0.6 is 0 Å².